The molecule has 3 rings (SSSR count). The van der Waals surface area contributed by atoms with Gasteiger partial charge in [0.05, 0.1) is 5.56 Å². The highest BCUT2D eigenvalue weighted by atomic mass is 79.9. The van der Waals surface area contributed by atoms with Crippen LogP contribution in [0.4, 0.5) is 0 Å². The molecule has 0 aromatic heterocycles. The van der Waals surface area contributed by atoms with Gasteiger partial charge in [-0.25, -0.2) is 4.79 Å². The van der Waals surface area contributed by atoms with Gasteiger partial charge >= 0.3 is 5.97 Å². The van der Waals surface area contributed by atoms with Gasteiger partial charge in [0.1, 0.15) is 5.75 Å². The highest BCUT2D eigenvalue weighted by Crippen LogP contribution is 2.25. The van der Waals surface area contributed by atoms with E-state index in [1.165, 1.54) is 0 Å². The van der Waals surface area contributed by atoms with E-state index in [0.717, 1.165) is 19.7 Å². The Morgan fingerprint density at radius 1 is 0.810 bits per heavy atom. The lowest BCUT2D eigenvalue weighted by atomic mass is 10.1. The molecule has 0 bridgehead atoms. The summed E-state index contributed by atoms with van der Waals surface area (Å²) >= 11 is 6.78. The van der Waals surface area contributed by atoms with E-state index in [0.29, 0.717) is 11.3 Å². The number of esters is 1. The summed E-state index contributed by atoms with van der Waals surface area (Å²) in [5.41, 5.74) is 0.514. The number of halogens is 2. The molecule has 0 saturated heterocycles. The molecule has 0 spiro atoms. The molecule has 3 aromatic rings. The van der Waals surface area contributed by atoms with Gasteiger partial charge in [-0.05, 0) is 53.2 Å². The maximum Gasteiger partial charge on any atom is 0.343 e. The number of hydrogen-bond donors (Lipinski definition) is 0. The Labute approximate surface area is 139 Å². The first-order valence-corrected chi connectivity index (χ1v) is 7.87. The van der Waals surface area contributed by atoms with Crippen LogP contribution in [-0.2, 0) is 0 Å². The monoisotopic (exact) mass is 404 g/mol. The summed E-state index contributed by atoms with van der Waals surface area (Å²) in [6.45, 7) is 0. The third-order valence-corrected chi connectivity index (χ3v) is 4.03. The van der Waals surface area contributed by atoms with Gasteiger partial charge in [0.15, 0.2) is 0 Å². The Hall–Kier alpha value is -1.65. The number of hydrogen-bond acceptors (Lipinski definition) is 2. The molecule has 104 valence electrons. The van der Waals surface area contributed by atoms with E-state index in [4.69, 9.17) is 4.74 Å². The summed E-state index contributed by atoms with van der Waals surface area (Å²) in [6.07, 6.45) is 0. The molecule has 0 unspecified atom stereocenters. The first-order valence-electron chi connectivity index (χ1n) is 6.29. The van der Waals surface area contributed by atoms with Crippen molar-refractivity contribution in [2.24, 2.45) is 0 Å². The van der Waals surface area contributed by atoms with Crippen molar-refractivity contribution < 1.29 is 9.53 Å². The minimum absolute atomic E-state index is 0.368. The fraction of sp³-hybridized carbons (Fsp3) is 0. The summed E-state index contributed by atoms with van der Waals surface area (Å²) in [5.74, 6) is 0.169. The van der Waals surface area contributed by atoms with Crippen molar-refractivity contribution >= 4 is 48.6 Å². The van der Waals surface area contributed by atoms with E-state index < -0.39 is 0 Å². The summed E-state index contributed by atoms with van der Waals surface area (Å²) < 4.78 is 7.29. The molecule has 21 heavy (non-hydrogen) atoms. The zero-order valence-corrected chi connectivity index (χ0v) is 14.0. The fourth-order valence-corrected chi connectivity index (χ4v) is 2.82. The van der Waals surface area contributed by atoms with Gasteiger partial charge in [-0.15, -0.1) is 0 Å². The van der Waals surface area contributed by atoms with Crippen LogP contribution in [0.3, 0.4) is 0 Å². The summed E-state index contributed by atoms with van der Waals surface area (Å²) in [4.78, 5) is 12.1. The first kappa shape index (κ1) is 14.3. The molecule has 0 N–H and O–H groups in total. The van der Waals surface area contributed by atoms with Gasteiger partial charge in [0, 0.05) is 8.95 Å². The van der Waals surface area contributed by atoms with Crippen LogP contribution in [0.5, 0.6) is 5.75 Å². The quantitative estimate of drug-likeness (QED) is 0.410. The molecule has 0 radical (unpaired) electrons. The van der Waals surface area contributed by atoms with E-state index >= 15 is 0 Å². The molecule has 0 fully saturated rings. The Morgan fingerprint density at radius 2 is 1.52 bits per heavy atom. The van der Waals surface area contributed by atoms with Crippen LogP contribution in [0.25, 0.3) is 10.8 Å². The topological polar surface area (TPSA) is 26.3 Å². The van der Waals surface area contributed by atoms with Crippen LogP contribution in [0.1, 0.15) is 10.4 Å². The minimum Gasteiger partial charge on any atom is -0.423 e. The maximum absolute atomic E-state index is 12.1. The first-order chi connectivity index (χ1) is 10.1. The second-order valence-electron chi connectivity index (χ2n) is 4.55. The van der Waals surface area contributed by atoms with Crippen LogP contribution >= 0.6 is 31.9 Å². The zero-order chi connectivity index (χ0) is 14.8. The molecule has 3 aromatic carbocycles. The normalized spacial score (nSPS) is 10.6. The van der Waals surface area contributed by atoms with Crippen LogP contribution < -0.4 is 4.74 Å². The van der Waals surface area contributed by atoms with Crippen molar-refractivity contribution in [1.29, 1.82) is 0 Å². The molecule has 4 heteroatoms. The number of ether oxygens (including phenoxy) is 1. The van der Waals surface area contributed by atoms with Gasteiger partial charge in [0.25, 0.3) is 0 Å². The molecular weight excluding hydrogens is 396 g/mol. The van der Waals surface area contributed by atoms with Gasteiger partial charge in [0.2, 0.25) is 0 Å². The van der Waals surface area contributed by atoms with E-state index in [9.17, 15) is 4.79 Å². The van der Waals surface area contributed by atoms with E-state index in [1.807, 2.05) is 36.4 Å². The lowest BCUT2D eigenvalue weighted by Crippen LogP contribution is -2.08. The van der Waals surface area contributed by atoms with Gasteiger partial charge < -0.3 is 4.74 Å². The molecular formula is C17H10Br2O2. The van der Waals surface area contributed by atoms with Gasteiger partial charge in [-0.3, -0.25) is 0 Å². The molecule has 0 atom stereocenters. The SMILES string of the molecule is O=C(Oc1ccc2cc(Br)ccc2c1)c1cccc(Br)c1. The average molecular weight is 406 g/mol. The number of rotatable bonds is 2. The van der Waals surface area contributed by atoms with Crippen molar-refractivity contribution in [2.75, 3.05) is 0 Å². The Bertz CT molecular complexity index is 828. The number of carbonyl (C=O) groups is 1. The van der Waals surface area contributed by atoms with Crippen LogP contribution in [0.2, 0.25) is 0 Å². The molecule has 0 aliphatic rings. The fourth-order valence-electron chi connectivity index (χ4n) is 2.04. The van der Waals surface area contributed by atoms with Gasteiger partial charge in [-0.2, -0.15) is 0 Å². The number of benzene rings is 3. The van der Waals surface area contributed by atoms with Gasteiger partial charge in [-0.1, -0.05) is 50.1 Å². The predicted octanol–water partition coefficient (Wildman–Crippen LogP) is 5.58. The second-order valence-corrected chi connectivity index (χ2v) is 6.38. The smallest absolute Gasteiger partial charge is 0.343 e. The van der Waals surface area contributed by atoms with E-state index in [1.54, 1.807) is 24.3 Å². The summed E-state index contributed by atoms with van der Waals surface area (Å²) in [5, 5.41) is 2.12. The zero-order valence-electron chi connectivity index (χ0n) is 10.8. The van der Waals surface area contributed by atoms with Crippen LogP contribution in [0, 0.1) is 0 Å². The van der Waals surface area contributed by atoms with Crippen molar-refractivity contribution in [3.63, 3.8) is 0 Å². The van der Waals surface area contributed by atoms with E-state index in [2.05, 4.69) is 31.9 Å². The van der Waals surface area contributed by atoms with Crippen molar-refractivity contribution in [2.45, 2.75) is 0 Å². The standard InChI is InChI=1S/C17H10Br2O2/c18-14-3-1-2-13(9-14)17(20)21-16-7-5-11-8-15(19)6-4-12(11)10-16/h1-10H. The average Bonchev–Trinajstić information content (AvgIpc) is 2.47. The molecule has 2 nitrogen and oxygen atoms in total. The van der Waals surface area contributed by atoms with Crippen molar-refractivity contribution in [1.82, 2.24) is 0 Å². The third-order valence-electron chi connectivity index (χ3n) is 3.04. The minimum atomic E-state index is -0.368. The van der Waals surface area contributed by atoms with E-state index in [-0.39, 0.29) is 5.97 Å². The second kappa shape index (κ2) is 6.00. The van der Waals surface area contributed by atoms with Crippen LogP contribution in [0.15, 0.2) is 69.6 Å². The van der Waals surface area contributed by atoms with Crippen molar-refractivity contribution in [3.8, 4) is 5.75 Å². The van der Waals surface area contributed by atoms with Crippen molar-refractivity contribution in [3.05, 3.63) is 75.2 Å². The largest absolute Gasteiger partial charge is 0.423 e. The number of fused-ring (bicyclic) bond motifs is 1. The van der Waals surface area contributed by atoms with Crippen LogP contribution in [-0.4, -0.2) is 5.97 Å². The Balaban J connectivity index is 1.87. The maximum atomic E-state index is 12.1. The summed E-state index contributed by atoms with van der Waals surface area (Å²) in [7, 11) is 0. The lowest BCUT2D eigenvalue weighted by Gasteiger charge is -2.06. The molecule has 0 aliphatic heterocycles. The highest BCUT2D eigenvalue weighted by Gasteiger charge is 2.09. The molecule has 0 aliphatic carbocycles. The highest BCUT2D eigenvalue weighted by molar-refractivity contribution is 9.10. The Morgan fingerprint density at radius 3 is 2.33 bits per heavy atom. The lowest BCUT2D eigenvalue weighted by molar-refractivity contribution is 0.0735. The Kier molecular flexibility index (Phi) is 4.08. The third kappa shape index (κ3) is 3.34. The number of carbonyl (C=O) groups excluding carboxylic acids is 1. The molecule has 0 saturated carbocycles. The summed E-state index contributed by atoms with van der Waals surface area (Å²) in [6, 6.07) is 18.7. The molecule has 0 amide bonds. The molecule has 0 heterocycles. The predicted molar refractivity (Wildman–Crippen MR) is 90.7 cm³/mol.